The van der Waals surface area contributed by atoms with Gasteiger partial charge in [-0.2, -0.15) is 0 Å². The van der Waals surface area contributed by atoms with Crippen LogP contribution >= 0.6 is 0 Å². The molecule has 0 spiro atoms. The normalized spacial score (nSPS) is 23.6. The molecule has 0 radical (unpaired) electrons. The van der Waals surface area contributed by atoms with Gasteiger partial charge in [0.25, 0.3) is 0 Å². The maximum absolute atomic E-state index is 11.2. The van der Waals surface area contributed by atoms with Gasteiger partial charge >= 0.3 is 0 Å². The summed E-state index contributed by atoms with van der Waals surface area (Å²) in [5.41, 5.74) is 1.57. The summed E-state index contributed by atoms with van der Waals surface area (Å²) >= 11 is 0. The molecule has 13 heavy (non-hydrogen) atoms. The second kappa shape index (κ2) is 3.50. The van der Waals surface area contributed by atoms with E-state index >= 15 is 0 Å². The second-order valence-corrected chi connectivity index (χ2v) is 3.96. The molecule has 1 saturated heterocycles. The summed E-state index contributed by atoms with van der Waals surface area (Å²) in [7, 11) is 1.86. The number of amides is 1. The molecule has 2 rings (SSSR count). The number of carbonyl (C=O) groups is 1. The predicted octanol–water partition coefficient (Wildman–Crippen LogP) is 0.828. The van der Waals surface area contributed by atoms with Crippen molar-refractivity contribution in [3.8, 4) is 0 Å². The molecule has 0 aromatic rings. The molecule has 0 bridgehead atoms. The molecule has 0 aromatic heterocycles. The molecule has 2 fully saturated rings. The lowest BCUT2D eigenvalue weighted by atomic mass is 9.92. The Morgan fingerprint density at radius 1 is 1.46 bits per heavy atom. The van der Waals surface area contributed by atoms with Gasteiger partial charge in [0.2, 0.25) is 5.91 Å². The minimum absolute atomic E-state index is 0.243. The standard InChI is InChI=1S/C10H16N2O/c1-11-8-12(7-10(11)13)6-5-9-3-2-4-9/h5H,2-4,6-8H2,1H3. The molecule has 2 aliphatic rings. The number of likely N-dealkylation sites (N-methyl/N-ethyl adjacent to an activating group) is 1. The maximum Gasteiger partial charge on any atom is 0.237 e. The molecule has 0 N–H and O–H groups in total. The van der Waals surface area contributed by atoms with E-state index in [4.69, 9.17) is 0 Å². The first-order valence-corrected chi connectivity index (χ1v) is 4.90. The van der Waals surface area contributed by atoms with E-state index in [-0.39, 0.29) is 5.91 Å². The SMILES string of the molecule is CN1CN(CC=C2CCC2)CC1=O. The van der Waals surface area contributed by atoms with Crippen LogP contribution in [0.4, 0.5) is 0 Å². The zero-order chi connectivity index (χ0) is 9.26. The molecular formula is C10H16N2O. The summed E-state index contributed by atoms with van der Waals surface area (Å²) in [4.78, 5) is 15.1. The van der Waals surface area contributed by atoms with E-state index in [0.717, 1.165) is 13.2 Å². The largest absolute Gasteiger partial charge is 0.332 e. The van der Waals surface area contributed by atoms with E-state index in [0.29, 0.717) is 6.54 Å². The lowest BCUT2D eigenvalue weighted by Gasteiger charge is -2.18. The third-order valence-electron chi connectivity index (χ3n) is 2.83. The fourth-order valence-corrected chi connectivity index (χ4v) is 1.71. The van der Waals surface area contributed by atoms with E-state index in [1.54, 1.807) is 10.5 Å². The molecule has 1 aliphatic carbocycles. The third kappa shape index (κ3) is 1.91. The first kappa shape index (κ1) is 8.75. The van der Waals surface area contributed by atoms with Crippen LogP contribution < -0.4 is 0 Å². The van der Waals surface area contributed by atoms with Gasteiger partial charge in [-0.1, -0.05) is 11.6 Å². The highest BCUT2D eigenvalue weighted by molar-refractivity contribution is 5.79. The molecule has 0 aromatic carbocycles. The molecule has 0 atom stereocenters. The molecule has 3 heteroatoms. The van der Waals surface area contributed by atoms with Gasteiger partial charge in [0.1, 0.15) is 0 Å². The highest BCUT2D eigenvalue weighted by atomic mass is 16.2. The van der Waals surface area contributed by atoms with Crippen molar-refractivity contribution in [1.82, 2.24) is 9.80 Å². The fraction of sp³-hybridized carbons (Fsp3) is 0.700. The van der Waals surface area contributed by atoms with Crippen LogP contribution in [-0.4, -0.2) is 42.5 Å². The molecule has 3 nitrogen and oxygen atoms in total. The average Bonchev–Trinajstić information content (AvgIpc) is 2.28. The van der Waals surface area contributed by atoms with Gasteiger partial charge in [0, 0.05) is 13.6 Å². The Morgan fingerprint density at radius 3 is 2.69 bits per heavy atom. The monoisotopic (exact) mass is 180 g/mol. The highest BCUT2D eigenvalue weighted by Gasteiger charge is 2.23. The Balaban J connectivity index is 1.80. The molecule has 1 aliphatic heterocycles. The van der Waals surface area contributed by atoms with E-state index in [9.17, 15) is 4.79 Å². The predicted molar refractivity (Wildman–Crippen MR) is 51.1 cm³/mol. The van der Waals surface area contributed by atoms with Crippen LogP contribution in [0.15, 0.2) is 11.6 Å². The van der Waals surface area contributed by atoms with Crippen molar-refractivity contribution in [3.63, 3.8) is 0 Å². The third-order valence-corrected chi connectivity index (χ3v) is 2.83. The van der Waals surface area contributed by atoms with E-state index in [2.05, 4.69) is 11.0 Å². The van der Waals surface area contributed by atoms with Gasteiger partial charge in [-0.05, 0) is 19.3 Å². The average molecular weight is 180 g/mol. The first-order valence-electron chi connectivity index (χ1n) is 4.90. The first-order chi connectivity index (χ1) is 6.25. The van der Waals surface area contributed by atoms with Crippen LogP contribution in [0.3, 0.4) is 0 Å². The Morgan fingerprint density at radius 2 is 2.23 bits per heavy atom. The molecule has 0 unspecified atom stereocenters. The number of rotatable bonds is 2. The van der Waals surface area contributed by atoms with E-state index < -0.39 is 0 Å². The molecule has 1 amide bonds. The Bertz CT molecular complexity index is 241. The lowest BCUT2D eigenvalue weighted by molar-refractivity contribution is -0.125. The van der Waals surface area contributed by atoms with Crippen molar-refractivity contribution in [2.75, 3.05) is 26.8 Å². The number of carbonyl (C=O) groups excluding carboxylic acids is 1. The van der Waals surface area contributed by atoms with E-state index in [1.807, 2.05) is 7.05 Å². The smallest absolute Gasteiger partial charge is 0.237 e. The quantitative estimate of drug-likeness (QED) is 0.588. The molecule has 1 heterocycles. The zero-order valence-electron chi connectivity index (χ0n) is 8.12. The van der Waals surface area contributed by atoms with Gasteiger partial charge in [-0.3, -0.25) is 9.69 Å². The van der Waals surface area contributed by atoms with Crippen molar-refractivity contribution in [2.24, 2.45) is 0 Å². The van der Waals surface area contributed by atoms with Crippen LogP contribution in [0.2, 0.25) is 0 Å². The van der Waals surface area contributed by atoms with Gasteiger partial charge < -0.3 is 4.90 Å². The minimum Gasteiger partial charge on any atom is -0.332 e. The number of hydrogen-bond donors (Lipinski definition) is 0. The summed E-state index contributed by atoms with van der Waals surface area (Å²) < 4.78 is 0. The van der Waals surface area contributed by atoms with E-state index in [1.165, 1.54) is 19.3 Å². The Labute approximate surface area is 79.0 Å². The van der Waals surface area contributed by atoms with Crippen LogP contribution in [0, 0.1) is 0 Å². The summed E-state index contributed by atoms with van der Waals surface area (Å²) in [5, 5.41) is 0. The summed E-state index contributed by atoms with van der Waals surface area (Å²) in [6.07, 6.45) is 6.19. The van der Waals surface area contributed by atoms with Crippen molar-refractivity contribution in [1.29, 1.82) is 0 Å². The minimum atomic E-state index is 0.243. The Hall–Kier alpha value is -0.830. The van der Waals surface area contributed by atoms with Crippen LogP contribution in [0.5, 0.6) is 0 Å². The van der Waals surface area contributed by atoms with Gasteiger partial charge in [0.15, 0.2) is 0 Å². The van der Waals surface area contributed by atoms with Crippen LogP contribution in [0.25, 0.3) is 0 Å². The fourth-order valence-electron chi connectivity index (χ4n) is 1.71. The number of allylic oxidation sites excluding steroid dienone is 1. The molecular weight excluding hydrogens is 164 g/mol. The van der Waals surface area contributed by atoms with Crippen molar-refractivity contribution in [2.45, 2.75) is 19.3 Å². The molecule has 72 valence electrons. The number of hydrogen-bond acceptors (Lipinski definition) is 2. The zero-order valence-corrected chi connectivity index (χ0v) is 8.12. The number of nitrogens with zero attached hydrogens (tertiary/aromatic N) is 2. The van der Waals surface area contributed by atoms with Gasteiger partial charge in [-0.25, -0.2) is 0 Å². The van der Waals surface area contributed by atoms with Crippen molar-refractivity contribution >= 4 is 5.91 Å². The van der Waals surface area contributed by atoms with Gasteiger partial charge in [-0.15, -0.1) is 0 Å². The summed E-state index contributed by atoms with van der Waals surface area (Å²) in [6.45, 7) is 2.34. The summed E-state index contributed by atoms with van der Waals surface area (Å²) in [6, 6.07) is 0. The van der Waals surface area contributed by atoms with Crippen LogP contribution in [-0.2, 0) is 4.79 Å². The van der Waals surface area contributed by atoms with Crippen LogP contribution in [0.1, 0.15) is 19.3 Å². The second-order valence-electron chi connectivity index (χ2n) is 3.96. The summed E-state index contributed by atoms with van der Waals surface area (Å²) in [5.74, 6) is 0.243. The maximum atomic E-state index is 11.2. The lowest BCUT2D eigenvalue weighted by Crippen LogP contribution is -2.23. The highest BCUT2D eigenvalue weighted by Crippen LogP contribution is 2.24. The van der Waals surface area contributed by atoms with Crippen molar-refractivity contribution in [3.05, 3.63) is 11.6 Å². The Kier molecular flexibility index (Phi) is 2.36. The molecule has 1 saturated carbocycles. The van der Waals surface area contributed by atoms with Gasteiger partial charge in [0.05, 0.1) is 13.2 Å². The van der Waals surface area contributed by atoms with Crippen molar-refractivity contribution < 1.29 is 4.79 Å². The topological polar surface area (TPSA) is 23.6 Å².